The van der Waals surface area contributed by atoms with Crippen LogP contribution in [0.1, 0.15) is 103 Å². The molecule has 180 valence electrons. The molecule has 0 saturated carbocycles. The van der Waals surface area contributed by atoms with E-state index in [1.165, 1.54) is 11.6 Å². The SMILES string of the molecule is CCC(C)c1cc(CC(C)(CC)c2cc3c(cc2O)OC(C)=C(C)C3(C)CC)c(O)cc1O. The van der Waals surface area contributed by atoms with E-state index in [0.29, 0.717) is 12.2 Å². The second-order valence-electron chi connectivity index (χ2n) is 10.3. The Labute approximate surface area is 198 Å². The van der Waals surface area contributed by atoms with Crippen LogP contribution in [0.3, 0.4) is 0 Å². The molecular weight excluding hydrogens is 412 g/mol. The van der Waals surface area contributed by atoms with Gasteiger partial charge in [0.25, 0.3) is 0 Å². The summed E-state index contributed by atoms with van der Waals surface area (Å²) in [5, 5.41) is 32.2. The quantitative estimate of drug-likeness (QED) is 0.405. The number of phenolic OH excluding ortho intramolecular Hbond substituents is 3. The summed E-state index contributed by atoms with van der Waals surface area (Å²) in [4.78, 5) is 0. The number of hydrogen-bond acceptors (Lipinski definition) is 4. The van der Waals surface area contributed by atoms with Gasteiger partial charge in [0.05, 0.1) is 0 Å². The summed E-state index contributed by atoms with van der Waals surface area (Å²) in [6.07, 6.45) is 3.14. The number of phenols is 3. The molecule has 0 bridgehead atoms. The van der Waals surface area contributed by atoms with Crippen LogP contribution in [0, 0.1) is 0 Å². The van der Waals surface area contributed by atoms with Crippen molar-refractivity contribution < 1.29 is 20.1 Å². The fourth-order valence-electron chi connectivity index (χ4n) is 5.08. The predicted octanol–water partition coefficient (Wildman–Crippen LogP) is 7.58. The summed E-state index contributed by atoms with van der Waals surface area (Å²) in [7, 11) is 0. The van der Waals surface area contributed by atoms with Crippen molar-refractivity contribution in [3.8, 4) is 23.0 Å². The fourth-order valence-corrected chi connectivity index (χ4v) is 5.08. The number of rotatable bonds is 7. The molecule has 3 rings (SSSR count). The first-order chi connectivity index (χ1) is 15.4. The maximum atomic E-state index is 11.1. The largest absolute Gasteiger partial charge is 0.508 e. The second kappa shape index (κ2) is 8.96. The van der Waals surface area contributed by atoms with E-state index >= 15 is 0 Å². The molecule has 3 N–H and O–H groups in total. The molecule has 0 spiro atoms. The van der Waals surface area contributed by atoms with Crippen LogP contribution >= 0.6 is 0 Å². The first-order valence-electron chi connectivity index (χ1n) is 12.2. The molecule has 2 aromatic rings. The van der Waals surface area contributed by atoms with Crippen molar-refractivity contribution in [2.75, 3.05) is 0 Å². The van der Waals surface area contributed by atoms with Gasteiger partial charge in [0, 0.05) is 34.1 Å². The minimum atomic E-state index is -0.418. The smallest absolute Gasteiger partial charge is 0.134 e. The van der Waals surface area contributed by atoms with Gasteiger partial charge in [0.15, 0.2) is 0 Å². The van der Waals surface area contributed by atoms with Crippen molar-refractivity contribution in [1.82, 2.24) is 0 Å². The number of aromatic hydroxyl groups is 3. The minimum Gasteiger partial charge on any atom is -0.508 e. The standard InChI is InChI=1S/C29H40O4/c1-9-17(4)21-12-20(24(30)14-25(21)31)16-28(7,10-2)22-13-23-27(15-26(22)32)33-19(6)18(5)29(23,8)11-3/h12-15,17,30-32H,9-11,16H2,1-8H3. The van der Waals surface area contributed by atoms with E-state index in [9.17, 15) is 15.3 Å². The molecule has 0 fully saturated rings. The van der Waals surface area contributed by atoms with Gasteiger partial charge in [0.1, 0.15) is 28.8 Å². The lowest BCUT2D eigenvalue weighted by atomic mass is 9.68. The number of hydrogen-bond donors (Lipinski definition) is 3. The van der Waals surface area contributed by atoms with E-state index in [4.69, 9.17) is 4.74 Å². The average molecular weight is 453 g/mol. The third-order valence-corrected chi connectivity index (χ3v) is 8.40. The molecule has 0 radical (unpaired) electrons. The van der Waals surface area contributed by atoms with Crippen LogP contribution in [0.5, 0.6) is 23.0 Å². The van der Waals surface area contributed by atoms with Crippen molar-refractivity contribution in [1.29, 1.82) is 0 Å². The Morgan fingerprint density at radius 2 is 1.64 bits per heavy atom. The number of allylic oxidation sites excluding steroid dienone is 2. The van der Waals surface area contributed by atoms with Crippen molar-refractivity contribution in [3.05, 3.63) is 57.9 Å². The zero-order chi connectivity index (χ0) is 24.7. The van der Waals surface area contributed by atoms with Gasteiger partial charge in [-0.3, -0.25) is 0 Å². The Morgan fingerprint density at radius 3 is 2.21 bits per heavy atom. The van der Waals surface area contributed by atoms with Gasteiger partial charge < -0.3 is 20.1 Å². The topological polar surface area (TPSA) is 69.9 Å². The Hall–Kier alpha value is -2.62. The summed E-state index contributed by atoms with van der Waals surface area (Å²) in [6, 6.07) is 7.25. The summed E-state index contributed by atoms with van der Waals surface area (Å²) in [5.41, 5.74) is 4.21. The van der Waals surface area contributed by atoms with Crippen LogP contribution in [0.15, 0.2) is 35.6 Å². The normalized spacial score (nSPS) is 20.7. The Balaban J connectivity index is 2.13. The molecule has 3 atom stereocenters. The van der Waals surface area contributed by atoms with Gasteiger partial charge >= 0.3 is 0 Å². The van der Waals surface area contributed by atoms with Crippen molar-refractivity contribution in [2.24, 2.45) is 0 Å². The predicted molar refractivity (Wildman–Crippen MR) is 135 cm³/mol. The van der Waals surface area contributed by atoms with Gasteiger partial charge in [-0.15, -0.1) is 0 Å². The third kappa shape index (κ3) is 4.20. The number of benzene rings is 2. The Bertz CT molecular complexity index is 1080. The van der Waals surface area contributed by atoms with E-state index in [2.05, 4.69) is 54.5 Å². The first kappa shape index (κ1) is 25.0. The average Bonchev–Trinajstić information content (AvgIpc) is 2.78. The van der Waals surface area contributed by atoms with Crippen LogP contribution in [-0.2, 0) is 17.3 Å². The lowest BCUT2D eigenvalue weighted by Crippen LogP contribution is -2.31. The molecule has 0 aromatic heterocycles. The van der Waals surface area contributed by atoms with E-state index in [1.54, 1.807) is 6.07 Å². The highest BCUT2D eigenvalue weighted by atomic mass is 16.5. The summed E-state index contributed by atoms with van der Waals surface area (Å²) >= 11 is 0. The molecular formula is C29H40O4. The highest BCUT2D eigenvalue weighted by Crippen LogP contribution is 2.50. The van der Waals surface area contributed by atoms with Gasteiger partial charge in [-0.2, -0.15) is 0 Å². The monoisotopic (exact) mass is 452 g/mol. The summed E-state index contributed by atoms with van der Waals surface area (Å²) in [5.74, 6) is 2.23. The molecule has 0 aliphatic carbocycles. The zero-order valence-electron chi connectivity index (χ0n) is 21.5. The summed E-state index contributed by atoms with van der Waals surface area (Å²) in [6.45, 7) is 16.9. The Kier molecular flexibility index (Phi) is 6.79. The molecule has 1 aliphatic rings. The minimum absolute atomic E-state index is 0.0906. The maximum Gasteiger partial charge on any atom is 0.134 e. The van der Waals surface area contributed by atoms with Crippen LogP contribution in [0.4, 0.5) is 0 Å². The van der Waals surface area contributed by atoms with Crippen molar-refractivity contribution in [2.45, 2.75) is 97.8 Å². The van der Waals surface area contributed by atoms with E-state index < -0.39 is 5.41 Å². The maximum absolute atomic E-state index is 11.1. The molecule has 0 amide bonds. The van der Waals surface area contributed by atoms with E-state index in [-0.39, 0.29) is 28.6 Å². The Morgan fingerprint density at radius 1 is 0.970 bits per heavy atom. The molecule has 3 unspecified atom stereocenters. The van der Waals surface area contributed by atoms with Crippen molar-refractivity contribution >= 4 is 0 Å². The van der Waals surface area contributed by atoms with Crippen LogP contribution < -0.4 is 4.74 Å². The molecule has 4 nitrogen and oxygen atoms in total. The van der Waals surface area contributed by atoms with Gasteiger partial charge in [-0.1, -0.05) is 41.5 Å². The first-order valence-corrected chi connectivity index (χ1v) is 12.2. The molecule has 1 heterocycles. The molecule has 33 heavy (non-hydrogen) atoms. The van der Waals surface area contributed by atoms with Gasteiger partial charge in [0.2, 0.25) is 0 Å². The highest BCUT2D eigenvalue weighted by molar-refractivity contribution is 5.57. The van der Waals surface area contributed by atoms with Gasteiger partial charge in [-0.05, 0) is 74.3 Å². The fraction of sp³-hybridized carbons (Fsp3) is 0.517. The van der Waals surface area contributed by atoms with Crippen LogP contribution in [-0.4, -0.2) is 15.3 Å². The third-order valence-electron chi connectivity index (χ3n) is 8.40. The number of ether oxygens (including phenoxy) is 1. The summed E-state index contributed by atoms with van der Waals surface area (Å²) < 4.78 is 6.08. The second-order valence-corrected chi connectivity index (χ2v) is 10.3. The van der Waals surface area contributed by atoms with E-state index in [1.807, 2.05) is 13.0 Å². The lowest BCUT2D eigenvalue weighted by Gasteiger charge is -2.39. The number of fused-ring (bicyclic) bond motifs is 1. The van der Waals surface area contributed by atoms with Gasteiger partial charge in [-0.25, -0.2) is 0 Å². The van der Waals surface area contributed by atoms with Crippen molar-refractivity contribution in [3.63, 3.8) is 0 Å². The zero-order valence-corrected chi connectivity index (χ0v) is 21.5. The van der Waals surface area contributed by atoms with E-state index in [0.717, 1.165) is 47.3 Å². The molecule has 0 saturated heterocycles. The lowest BCUT2D eigenvalue weighted by molar-refractivity contribution is 0.345. The molecule has 2 aromatic carbocycles. The molecule has 1 aliphatic heterocycles. The molecule has 4 heteroatoms. The highest BCUT2D eigenvalue weighted by Gasteiger charge is 2.39. The van der Waals surface area contributed by atoms with Crippen LogP contribution in [0.25, 0.3) is 0 Å². The van der Waals surface area contributed by atoms with Crippen LogP contribution in [0.2, 0.25) is 0 Å².